The Morgan fingerprint density at radius 2 is 1.74 bits per heavy atom. The van der Waals surface area contributed by atoms with Crippen LogP contribution in [-0.4, -0.2) is 42.7 Å². The second kappa shape index (κ2) is 13.4. The first-order valence-corrected chi connectivity index (χ1v) is 13.0. The number of carbonyl (C=O) groups is 2. The molecule has 3 aromatic carbocycles. The zero-order valence-corrected chi connectivity index (χ0v) is 22.0. The van der Waals surface area contributed by atoms with Crippen molar-refractivity contribution < 1.29 is 14.3 Å². The molecule has 0 radical (unpaired) electrons. The summed E-state index contributed by atoms with van der Waals surface area (Å²) in [6.45, 7) is 0.281. The van der Waals surface area contributed by atoms with E-state index in [-0.39, 0.29) is 24.1 Å². The molecule has 0 aliphatic carbocycles. The van der Waals surface area contributed by atoms with Gasteiger partial charge >= 0.3 is 0 Å². The largest absolute Gasteiger partial charge is 0.497 e. The summed E-state index contributed by atoms with van der Waals surface area (Å²) in [6, 6.07) is 21.9. The Hall–Kier alpha value is -2.67. The van der Waals surface area contributed by atoms with Gasteiger partial charge in [0.2, 0.25) is 11.8 Å². The topological polar surface area (TPSA) is 58.6 Å². The van der Waals surface area contributed by atoms with Crippen molar-refractivity contribution in [3.05, 3.63) is 99.5 Å². The van der Waals surface area contributed by atoms with E-state index < -0.39 is 6.04 Å². The summed E-state index contributed by atoms with van der Waals surface area (Å²) in [6.07, 6.45) is 0.407. The number of likely N-dealkylation sites (N-methyl/N-ethyl adjacent to an activating group) is 1. The number of ether oxygens (including phenoxy) is 1. The Kier molecular flexibility index (Phi) is 10.3. The lowest BCUT2D eigenvalue weighted by molar-refractivity contribution is -0.139. The van der Waals surface area contributed by atoms with Crippen LogP contribution < -0.4 is 10.1 Å². The van der Waals surface area contributed by atoms with Crippen LogP contribution in [0.5, 0.6) is 5.75 Å². The van der Waals surface area contributed by atoms with Gasteiger partial charge in [-0.25, -0.2) is 0 Å². The van der Waals surface area contributed by atoms with Crippen LogP contribution >= 0.6 is 35.0 Å². The first-order chi connectivity index (χ1) is 16.9. The van der Waals surface area contributed by atoms with Crippen molar-refractivity contribution >= 4 is 46.8 Å². The highest BCUT2D eigenvalue weighted by atomic mass is 35.5. The normalized spacial score (nSPS) is 11.5. The molecule has 1 N–H and O–H groups in total. The molecule has 2 amide bonds. The van der Waals surface area contributed by atoms with E-state index in [1.54, 1.807) is 31.2 Å². The number of methoxy groups -OCH3 is 1. The fourth-order valence-corrected chi connectivity index (χ4v) is 5.13. The minimum atomic E-state index is -0.666. The third kappa shape index (κ3) is 7.92. The maximum atomic E-state index is 13.5. The summed E-state index contributed by atoms with van der Waals surface area (Å²) in [5.41, 5.74) is 2.76. The van der Waals surface area contributed by atoms with Gasteiger partial charge in [0, 0.05) is 35.8 Å². The first kappa shape index (κ1) is 26.9. The van der Waals surface area contributed by atoms with Crippen LogP contribution in [-0.2, 0) is 28.3 Å². The van der Waals surface area contributed by atoms with Crippen molar-refractivity contribution in [1.82, 2.24) is 10.2 Å². The van der Waals surface area contributed by atoms with Crippen molar-refractivity contribution in [3.8, 4) is 5.75 Å². The number of amides is 2. The van der Waals surface area contributed by atoms with Crippen LogP contribution in [0.25, 0.3) is 0 Å². The number of nitrogens with zero attached hydrogens (tertiary/aromatic N) is 1. The Labute approximate surface area is 220 Å². The van der Waals surface area contributed by atoms with E-state index in [0.29, 0.717) is 28.0 Å². The number of hydrogen-bond acceptors (Lipinski definition) is 4. The number of benzene rings is 3. The zero-order chi connectivity index (χ0) is 25.2. The summed E-state index contributed by atoms with van der Waals surface area (Å²) in [5.74, 6) is 1.10. The number of hydrogen-bond donors (Lipinski definition) is 1. The molecule has 0 fully saturated rings. The van der Waals surface area contributed by atoms with Crippen LogP contribution in [0.15, 0.2) is 72.8 Å². The van der Waals surface area contributed by atoms with Crippen LogP contribution in [0.3, 0.4) is 0 Å². The van der Waals surface area contributed by atoms with Gasteiger partial charge in [-0.15, -0.1) is 11.8 Å². The molecule has 1 atom stereocenters. The van der Waals surface area contributed by atoms with Gasteiger partial charge in [-0.2, -0.15) is 0 Å². The van der Waals surface area contributed by atoms with Gasteiger partial charge in [-0.3, -0.25) is 9.59 Å². The quantitative estimate of drug-likeness (QED) is 0.349. The standard InChI is InChI=1S/C27H28Cl2N2O3S/c1-30-27(33)25(14-19-7-4-3-5-8-19)31(16-20-9-6-10-23(13-20)34-2)26(32)18-35-17-21-11-12-22(28)15-24(21)29/h3-13,15,25H,14,16-18H2,1-2H3,(H,30,33)/t25-/m1/s1. The zero-order valence-electron chi connectivity index (χ0n) is 19.7. The summed E-state index contributed by atoms with van der Waals surface area (Å²) >= 11 is 13.7. The lowest BCUT2D eigenvalue weighted by Gasteiger charge is -2.31. The van der Waals surface area contributed by atoms with Gasteiger partial charge in [-0.05, 0) is 41.0 Å². The molecule has 0 aliphatic heterocycles. The highest BCUT2D eigenvalue weighted by Crippen LogP contribution is 2.25. The van der Waals surface area contributed by atoms with Gasteiger partial charge in [0.15, 0.2) is 0 Å². The molecule has 0 bridgehead atoms. The molecule has 0 aromatic heterocycles. The highest BCUT2D eigenvalue weighted by Gasteiger charge is 2.29. The molecule has 8 heteroatoms. The van der Waals surface area contributed by atoms with Gasteiger partial charge in [-0.1, -0.05) is 71.7 Å². The van der Waals surface area contributed by atoms with Crippen LogP contribution in [0, 0.1) is 0 Å². The van der Waals surface area contributed by atoms with E-state index in [4.69, 9.17) is 27.9 Å². The molecular formula is C27H28Cl2N2O3S. The number of carbonyl (C=O) groups excluding carboxylic acids is 2. The van der Waals surface area contributed by atoms with E-state index in [1.807, 2.05) is 60.7 Å². The Balaban J connectivity index is 1.82. The van der Waals surface area contributed by atoms with E-state index in [9.17, 15) is 9.59 Å². The molecule has 3 rings (SSSR count). The molecule has 0 spiro atoms. The summed E-state index contributed by atoms with van der Waals surface area (Å²) in [4.78, 5) is 28.2. The SMILES string of the molecule is CNC(=O)[C@@H](Cc1ccccc1)N(Cc1cccc(OC)c1)C(=O)CSCc1ccc(Cl)cc1Cl. The van der Waals surface area contributed by atoms with Gasteiger partial charge in [0.25, 0.3) is 0 Å². The fourth-order valence-electron chi connectivity index (χ4n) is 3.66. The van der Waals surface area contributed by atoms with Crippen LogP contribution in [0.1, 0.15) is 16.7 Å². The monoisotopic (exact) mass is 530 g/mol. The maximum Gasteiger partial charge on any atom is 0.242 e. The number of halogens is 2. The molecule has 0 saturated heterocycles. The number of rotatable bonds is 11. The molecule has 0 unspecified atom stereocenters. The summed E-state index contributed by atoms with van der Waals surface area (Å²) in [5, 5.41) is 3.87. The smallest absolute Gasteiger partial charge is 0.242 e. The average Bonchev–Trinajstić information content (AvgIpc) is 2.87. The molecular weight excluding hydrogens is 503 g/mol. The third-order valence-corrected chi connectivity index (χ3v) is 7.06. The summed E-state index contributed by atoms with van der Waals surface area (Å²) < 4.78 is 5.35. The number of thioether (sulfide) groups is 1. The van der Waals surface area contributed by atoms with Crippen molar-refractivity contribution in [2.75, 3.05) is 19.9 Å². The highest BCUT2D eigenvalue weighted by molar-refractivity contribution is 7.99. The Bertz CT molecular complexity index is 1140. The minimum absolute atomic E-state index is 0.132. The van der Waals surface area contributed by atoms with Crippen molar-refractivity contribution in [1.29, 1.82) is 0 Å². The van der Waals surface area contributed by atoms with E-state index in [1.165, 1.54) is 11.8 Å². The first-order valence-electron chi connectivity index (χ1n) is 11.1. The van der Waals surface area contributed by atoms with Gasteiger partial charge < -0.3 is 15.0 Å². The van der Waals surface area contributed by atoms with E-state index in [0.717, 1.165) is 16.7 Å². The van der Waals surface area contributed by atoms with Crippen LogP contribution in [0.2, 0.25) is 10.0 Å². The predicted molar refractivity (Wildman–Crippen MR) is 144 cm³/mol. The Morgan fingerprint density at radius 3 is 2.43 bits per heavy atom. The van der Waals surface area contributed by atoms with Gasteiger partial charge in [0.05, 0.1) is 12.9 Å². The lowest BCUT2D eigenvalue weighted by Crippen LogP contribution is -2.50. The fraction of sp³-hybridized carbons (Fsp3) is 0.259. The van der Waals surface area contributed by atoms with Gasteiger partial charge in [0.1, 0.15) is 11.8 Å². The molecule has 184 valence electrons. The van der Waals surface area contributed by atoms with E-state index >= 15 is 0 Å². The average molecular weight is 532 g/mol. The van der Waals surface area contributed by atoms with E-state index in [2.05, 4.69) is 5.32 Å². The Morgan fingerprint density at radius 1 is 1.00 bits per heavy atom. The minimum Gasteiger partial charge on any atom is -0.497 e. The molecule has 0 heterocycles. The second-order valence-corrected chi connectivity index (χ2v) is 9.75. The predicted octanol–water partition coefficient (Wildman–Crippen LogP) is 5.62. The van der Waals surface area contributed by atoms with Crippen LogP contribution in [0.4, 0.5) is 0 Å². The second-order valence-electron chi connectivity index (χ2n) is 7.92. The molecule has 5 nitrogen and oxygen atoms in total. The lowest BCUT2D eigenvalue weighted by atomic mass is 10.0. The molecule has 3 aromatic rings. The number of nitrogens with one attached hydrogen (secondary N) is 1. The molecule has 0 aliphatic rings. The van der Waals surface area contributed by atoms with Crippen molar-refractivity contribution in [2.45, 2.75) is 24.8 Å². The van der Waals surface area contributed by atoms with Crippen molar-refractivity contribution in [3.63, 3.8) is 0 Å². The van der Waals surface area contributed by atoms with Crippen molar-refractivity contribution in [2.24, 2.45) is 0 Å². The third-order valence-electron chi connectivity index (χ3n) is 5.50. The molecule has 0 saturated carbocycles. The molecule has 35 heavy (non-hydrogen) atoms. The maximum absolute atomic E-state index is 13.5. The summed E-state index contributed by atoms with van der Waals surface area (Å²) in [7, 11) is 3.19.